The third-order valence-corrected chi connectivity index (χ3v) is 14.0. The van der Waals surface area contributed by atoms with Crippen LogP contribution in [-0.2, 0) is 18.4 Å². The number of carbonyl (C=O) groups is 1. The van der Waals surface area contributed by atoms with Crippen molar-refractivity contribution < 1.29 is 32.9 Å². The second-order valence-electron chi connectivity index (χ2n) is 20.7. The topological polar surface area (TPSA) is 108 Å². The van der Waals surface area contributed by atoms with Gasteiger partial charge in [0.1, 0.15) is 13.2 Å². The molecule has 0 aliphatic carbocycles. The molecule has 0 bridgehead atoms. The molecule has 0 rings (SSSR count). The van der Waals surface area contributed by atoms with Gasteiger partial charge in [-0.25, -0.2) is 0 Å². The Morgan fingerprint density at radius 1 is 0.531 bits per heavy atom. The normalized spacial score (nSPS) is 14.0. The highest BCUT2D eigenvalue weighted by atomic mass is 31.2. The zero-order valence-corrected chi connectivity index (χ0v) is 44.4. The largest absolute Gasteiger partial charge is 0.756 e. The molecule has 0 aromatic rings. The first-order chi connectivity index (χ1) is 31.0. The Balaban J connectivity index is 4.05. The van der Waals surface area contributed by atoms with Crippen LogP contribution in [-0.4, -0.2) is 68.5 Å². The average molecular weight is 927 g/mol. The minimum absolute atomic E-state index is 0.00237. The molecular weight excluding hydrogens is 816 g/mol. The van der Waals surface area contributed by atoms with E-state index in [1.807, 2.05) is 27.2 Å². The summed E-state index contributed by atoms with van der Waals surface area (Å²) in [5.41, 5.74) is 0. The molecule has 64 heavy (non-hydrogen) atoms. The number of quaternary nitrogens is 1. The highest BCUT2D eigenvalue weighted by Gasteiger charge is 2.23. The lowest BCUT2D eigenvalue weighted by atomic mass is 10.0. The van der Waals surface area contributed by atoms with E-state index >= 15 is 0 Å². The number of phosphoric acid groups is 1. The highest BCUT2D eigenvalue weighted by Crippen LogP contribution is 2.38. The van der Waals surface area contributed by atoms with E-state index in [0.717, 1.165) is 38.5 Å². The van der Waals surface area contributed by atoms with Crippen LogP contribution in [0.15, 0.2) is 12.2 Å². The van der Waals surface area contributed by atoms with Crippen LogP contribution in [0.2, 0.25) is 0 Å². The lowest BCUT2D eigenvalue weighted by Crippen LogP contribution is -2.45. The third-order valence-electron chi connectivity index (χ3n) is 13.0. The van der Waals surface area contributed by atoms with E-state index in [-0.39, 0.29) is 19.1 Å². The molecule has 1 amide bonds. The fourth-order valence-corrected chi connectivity index (χ4v) is 9.29. The van der Waals surface area contributed by atoms with Crippen molar-refractivity contribution in [1.29, 1.82) is 0 Å². The van der Waals surface area contributed by atoms with Gasteiger partial charge in [0.2, 0.25) is 5.91 Å². The first-order valence-corrected chi connectivity index (χ1v) is 29.5. The minimum atomic E-state index is -4.59. The number of unbranched alkanes of at least 4 members (excludes halogenated alkanes) is 39. The lowest BCUT2D eigenvalue weighted by molar-refractivity contribution is -0.870. The number of likely N-dealkylation sites (N-methyl/N-ethyl adjacent to an activating group) is 1. The van der Waals surface area contributed by atoms with Gasteiger partial charge in [0, 0.05) is 6.42 Å². The van der Waals surface area contributed by atoms with Crippen LogP contribution in [0.5, 0.6) is 0 Å². The van der Waals surface area contributed by atoms with Crippen molar-refractivity contribution in [2.24, 2.45) is 0 Å². The third kappa shape index (κ3) is 49.2. The number of allylic oxidation sites excluding steroid dienone is 1. The van der Waals surface area contributed by atoms with E-state index in [2.05, 4.69) is 19.2 Å². The maximum atomic E-state index is 12.9. The molecule has 0 saturated heterocycles. The zero-order valence-electron chi connectivity index (χ0n) is 43.5. The van der Waals surface area contributed by atoms with Gasteiger partial charge in [-0.2, -0.15) is 0 Å². The van der Waals surface area contributed by atoms with E-state index in [4.69, 9.17) is 9.05 Å². The van der Waals surface area contributed by atoms with E-state index in [1.54, 1.807) is 6.08 Å². The number of aliphatic hydroxyl groups excluding tert-OH is 1. The van der Waals surface area contributed by atoms with E-state index < -0.39 is 20.0 Å². The van der Waals surface area contributed by atoms with Crippen molar-refractivity contribution in [2.45, 2.75) is 296 Å². The van der Waals surface area contributed by atoms with Gasteiger partial charge in [0.05, 0.1) is 39.9 Å². The molecule has 0 aromatic heterocycles. The van der Waals surface area contributed by atoms with Crippen molar-refractivity contribution >= 4 is 13.7 Å². The maximum absolute atomic E-state index is 12.9. The number of rotatable bonds is 52. The predicted octanol–water partition coefficient (Wildman–Crippen LogP) is 16.0. The molecule has 0 aliphatic rings. The van der Waals surface area contributed by atoms with Gasteiger partial charge in [0.25, 0.3) is 7.82 Å². The van der Waals surface area contributed by atoms with Gasteiger partial charge >= 0.3 is 0 Å². The van der Waals surface area contributed by atoms with Crippen molar-refractivity contribution in [3.8, 4) is 0 Å². The number of amides is 1. The molecule has 0 spiro atoms. The summed E-state index contributed by atoms with van der Waals surface area (Å²) >= 11 is 0. The monoisotopic (exact) mass is 927 g/mol. The summed E-state index contributed by atoms with van der Waals surface area (Å²) in [5, 5.41) is 13.8. The summed E-state index contributed by atoms with van der Waals surface area (Å²) in [6.07, 6.45) is 57.3. The summed E-state index contributed by atoms with van der Waals surface area (Å²) in [4.78, 5) is 25.4. The molecule has 0 fully saturated rings. The summed E-state index contributed by atoms with van der Waals surface area (Å²) in [7, 11) is 1.28. The van der Waals surface area contributed by atoms with Gasteiger partial charge < -0.3 is 28.8 Å². The molecule has 8 nitrogen and oxygen atoms in total. The van der Waals surface area contributed by atoms with Crippen molar-refractivity contribution in [3.63, 3.8) is 0 Å². The van der Waals surface area contributed by atoms with Crippen LogP contribution in [0, 0.1) is 0 Å². The Morgan fingerprint density at radius 3 is 1.17 bits per heavy atom. The quantitative estimate of drug-likeness (QED) is 0.0272. The van der Waals surface area contributed by atoms with Crippen LogP contribution in [0.3, 0.4) is 0 Å². The number of phosphoric ester groups is 1. The highest BCUT2D eigenvalue weighted by molar-refractivity contribution is 7.45. The number of carbonyl (C=O) groups excluding carboxylic acids is 1. The molecule has 0 heterocycles. The lowest BCUT2D eigenvalue weighted by Gasteiger charge is -2.29. The number of hydrogen-bond donors (Lipinski definition) is 2. The number of aliphatic hydroxyl groups is 1. The van der Waals surface area contributed by atoms with Gasteiger partial charge in [0.15, 0.2) is 0 Å². The van der Waals surface area contributed by atoms with Crippen LogP contribution in [0.25, 0.3) is 0 Å². The molecule has 0 radical (unpaired) electrons. The zero-order chi connectivity index (χ0) is 47.1. The van der Waals surface area contributed by atoms with E-state index in [9.17, 15) is 19.4 Å². The van der Waals surface area contributed by atoms with E-state index in [0.29, 0.717) is 17.4 Å². The second kappa shape index (κ2) is 47.3. The minimum Gasteiger partial charge on any atom is -0.756 e. The summed E-state index contributed by atoms with van der Waals surface area (Å²) in [5.74, 6) is -0.194. The molecule has 0 aromatic carbocycles. The van der Waals surface area contributed by atoms with Crippen LogP contribution in [0.1, 0.15) is 284 Å². The van der Waals surface area contributed by atoms with Crippen molar-refractivity contribution in [1.82, 2.24) is 5.32 Å². The number of nitrogens with one attached hydrogen (secondary N) is 1. The molecule has 3 atom stereocenters. The Hall–Kier alpha value is -0.760. The van der Waals surface area contributed by atoms with Gasteiger partial charge in [-0.15, -0.1) is 0 Å². The molecule has 3 unspecified atom stereocenters. The summed E-state index contributed by atoms with van der Waals surface area (Å²) < 4.78 is 23.3. The SMILES string of the molecule is CCCCCCCCCCCCCCCCCCCCCCCCCCCCCC/C=C/C(O)C(COP(=O)([O-])OCC[N+](C)(C)C)NC(=O)CCCCCCCCCCCCCC. The maximum Gasteiger partial charge on any atom is 0.268 e. The first-order valence-electron chi connectivity index (χ1n) is 28.1. The summed E-state index contributed by atoms with van der Waals surface area (Å²) in [6, 6.07) is -0.881. The fraction of sp³-hybridized carbons (Fsp3) is 0.945. The Labute approximate surface area is 399 Å². The molecule has 0 aliphatic heterocycles. The Bertz CT molecular complexity index is 1050. The van der Waals surface area contributed by atoms with Gasteiger partial charge in [-0.05, 0) is 19.3 Å². The predicted molar refractivity (Wildman–Crippen MR) is 275 cm³/mol. The van der Waals surface area contributed by atoms with Crippen LogP contribution in [0.4, 0.5) is 0 Å². The van der Waals surface area contributed by atoms with Gasteiger partial charge in [-0.3, -0.25) is 9.36 Å². The van der Waals surface area contributed by atoms with Crippen molar-refractivity contribution in [3.05, 3.63) is 12.2 Å². The smallest absolute Gasteiger partial charge is 0.268 e. The average Bonchev–Trinajstić information content (AvgIpc) is 3.25. The summed E-state index contributed by atoms with van der Waals surface area (Å²) in [6.45, 7) is 4.68. The number of hydrogen-bond acceptors (Lipinski definition) is 6. The Kier molecular flexibility index (Phi) is 46.8. The molecule has 0 saturated carbocycles. The molecular formula is C55H111N2O6P. The molecule has 2 N–H and O–H groups in total. The first kappa shape index (κ1) is 63.2. The standard InChI is InChI=1S/C55H111N2O6P/c1-6-8-10-12-14-16-18-20-21-22-23-24-25-26-27-28-29-30-31-32-33-34-35-36-37-38-40-42-44-46-48-54(58)53(52-63-64(60,61)62-51-50-57(3,4)5)56-55(59)49-47-45-43-41-39-19-17-15-13-11-9-7-2/h46,48,53-54,58H,6-45,47,49-52H2,1-5H3,(H-,56,59,60,61)/b48-46+. The van der Waals surface area contributed by atoms with E-state index in [1.165, 1.54) is 225 Å². The second-order valence-corrected chi connectivity index (χ2v) is 22.1. The van der Waals surface area contributed by atoms with Crippen LogP contribution >= 0.6 is 7.82 Å². The number of nitrogens with zero attached hydrogens (tertiary/aromatic N) is 1. The van der Waals surface area contributed by atoms with Crippen LogP contribution < -0.4 is 10.2 Å². The van der Waals surface area contributed by atoms with Crippen molar-refractivity contribution in [2.75, 3.05) is 40.9 Å². The fourth-order valence-electron chi connectivity index (χ4n) is 8.57. The molecule has 9 heteroatoms. The molecule has 382 valence electrons. The Morgan fingerprint density at radius 2 is 0.844 bits per heavy atom. The van der Waals surface area contributed by atoms with Gasteiger partial charge in [-0.1, -0.05) is 270 Å².